The van der Waals surface area contributed by atoms with Crippen LogP contribution in [0, 0.1) is 0 Å². The summed E-state index contributed by atoms with van der Waals surface area (Å²) in [7, 11) is 0. The van der Waals surface area contributed by atoms with Gasteiger partial charge in [0.15, 0.2) is 0 Å². The lowest BCUT2D eigenvalue weighted by molar-refractivity contribution is 0.431. The lowest BCUT2D eigenvalue weighted by atomic mass is 10.4. The molecule has 2 N–H and O–H groups in total. The Kier molecular flexibility index (Phi) is 3.13. The summed E-state index contributed by atoms with van der Waals surface area (Å²) in [6, 6.07) is 0. The highest BCUT2D eigenvalue weighted by Gasteiger charge is 2.14. The molecular weight excluding hydrogens is 270 g/mol. The minimum Gasteiger partial charge on any atom is -0.332 e. The SMILES string of the molecule is NCCc1nc(-c2nc(-c3cscn3)no2)cs1. The Morgan fingerprint density at radius 2 is 2.17 bits per heavy atom. The Morgan fingerprint density at radius 1 is 1.22 bits per heavy atom. The topological polar surface area (TPSA) is 90.7 Å². The fourth-order valence-corrected chi connectivity index (χ4v) is 2.72. The first kappa shape index (κ1) is 11.5. The van der Waals surface area contributed by atoms with E-state index in [-0.39, 0.29) is 0 Å². The maximum absolute atomic E-state index is 5.48. The van der Waals surface area contributed by atoms with Gasteiger partial charge in [0.2, 0.25) is 5.82 Å². The number of hydrogen-bond acceptors (Lipinski definition) is 8. The van der Waals surface area contributed by atoms with Crippen molar-refractivity contribution in [3.8, 4) is 23.1 Å². The van der Waals surface area contributed by atoms with Crippen LogP contribution in [0.5, 0.6) is 0 Å². The van der Waals surface area contributed by atoms with Gasteiger partial charge in [0.05, 0.1) is 10.5 Å². The van der Waals surface area contributed by atoms with Crippen LogP contribution in [0.1, 0.15) is 5.01 Å². The predicted octanol–water partition coefficient (Wildman–Crippen LogP) is 1.82. The first-order valence-electron chi connectivity index (χ1n) is 5.24. The average molecular weight is 279 g/mol. The van der Waals surface area contributed by atoms with Crippen LogP contribution in [0.3, 0.4) is 0 Å². The number of aromatic nitrogens is 4. The average Bonchev–Trinajstić information content (AvgIpc) is 3.10. The number of nitrogens with two attached hydrogens (primary N) is 1. The first-order valence-corrected chi connectivity index (χ1v) is 7.06. The molecule has 0 saturated heterocycles. The van der Waals surface area contributed by atoms with E-state index in [9.17, 15) is 0 Å². The normalized spacial score (nSPS) is 10.9. The summed E-state index contributed by atoms with van der Waals surface area (Å²) in [4.78, 5) is 12.8. The van der Waals surface area contributed by atoms with Gasteiger partial charge in [-0.15, -0.1) is 22.7 Å². The Hall–Kier alpha value is -1.64. The number of hydrogen-bond donors (Lipinski definition) is 1. The molecule has 6 nitrogen and oxygen atoms in total. The molecule has 0 radical (unpaired) electrons. The van der Waals surface area contributed by atoms with Crippen molar-refractivity contribution >= 4 is 22.7 Å². The molecule has 3 rings (SSSR count). The summed E-state index contributed by atoms with van der Waals surface area (Å²) in [6.07, 6.45) is 0.762. The Balaban J connectivity index is 1.88. The van der Waals surface area contributed by atoms with Gasteiger partial charge in [0.25, 0.3) is 5.89 Å². The van der Waals surface area contributed by atoms with Crippen molar-refractivity contribution in [2.75, 3.05) is 6.54 Å². The molecule has 0 atom stereocenters. The molecule has 0 spiro atoms. The summed E-state index contributed by atoms with van der Waals surface area (Å²) < 4.78 is 5.18. The standard InChI is InChI=1S/C10H9N5OS2/c11-2-1-8-13-7(4-18-8)10-14-9(15-16-10)6-3-17-5-12-6/h3-5H,1-2,11H2. The van der Waals surface area contributed by atoms with Crippen molar-refractivity contribution < 1.29 is 4.52 Å². The third-order valence-corrected chi connectivity index (χ3v) is 3.71. The van der Waals surface area contributed by atoms with Gasteiger partial charge in [-0.1, -0.05) is 5.16 Å². The van der Waals surface area contributed by atoms with Crippen molar-refractivity contribution in [3.63, 3.8) is 0 Å². The summed E-state index contributed by atoms with van der Waals surface area (Å²) in [5, 5.41) is 8.62. The smallest absolute Gasteiger partial charge is 0.277 e. The predicted molar refractivity (Wildman–Crippen MR) is 69.3 cm³/mol. The summed E-state index contributed by atoms with van der Waals surface area (Å²) in [6.45, 7) is 0.584. The number of nitrogens with zero attached hydrogens (tertiary/aromatic N) is 4. The van der Waals surface area contributed by atoms with E-state index >= 15 is 0 Å². The van der Waals surface area contributed by atoms with Crippen molar-refractivity contribution in [2.45, 2.75) is 6.42 Å². The van der Waals surface area contributed by atoms with Crippen LogP contribution in [0.25, 0.3) is 23.1 Å². The van der Waals surface area contributed by atoms with Crippen LogP contribution < -0.4 is 5.73 Å². The van der Waals surface area contributed by atoms with Crippen LogP contribution in [0.2, 0.25) is 0 Å². The Labute approximate surface area is 111 Å². The molecule has 0 aliphatic rings. The van der Waals surface area contributed by atoms with Gasteiger partial charge in [-0.3, -0.25) is 0 Å². The van der Waals surface area contributed by atoms with Gasteiger partial charge >= 0.3 is 0 Å². The molecule has 0 fully saturated rings. The van der Waals surface area contributed by atoms with E-state index in [4.69, 9.17) is 10.3 Å². The highest BCUT2D eigenvalue weighted by Crippen LogP contribution is 2.23. The second kappa shape index (κ2) is 4.92. The van der Waals surface area contributed by atoms with E-state index in [0.29, 0.717) is 29.6 Å². The Bertz CT molecular complexity index is 630. The number of thiazole rings is 2. The van der Waals surface area contributed by atoms with E-state index in [1.54, 1.807) is 16.8 Å². The first-order chi connectivity index (χ1) is 8.86. The second-order valence-electron chi connectivity index (χ2n) is 3.46. The summed E-state index contributed by atoms with van der Waals surface area (Å²) in [5.41, 5.74) is 8.62. The molecule has 8 heteroatoms. The highest BCUT2D eigenvalue weighted by molar-refractivity contribution is 7.10. The lowest BCUT2D eigenvalue weighted by Gasteiger charge is -1.87. The van der Waals surface area contributed by atoms with Gasteiger partial charge in [-0.05, 0) is 6.54 Å². The molecular formula is C10H9N5OS2. The van der Waals surface area contributed by atoms with E-state index < -0.39 is 0 Å². The van der Waals surface area contributed by atoms with Crippen LogP contribution in [-0.2, 0) is 6.42 Å². The van der Waals surface area contributed by atoms with Gasteiger partial charge in [-0.2, -0.15) is 4.98 Å². The molecule has 0 unspecified atom stereocenters. The minimum atomic E-state index is 0.414. The summed E-state index contributed by atoms with van der Waals surface area (Å²) in [5.74, 6) is 0.900. The molecule has 3 aromatic heterocycles. The highest BCUT2D eigenvalue weighted by atomic mass is 32.1. The molecule has 3 heterocycles. The summed E-state index contributed by atoms with van der Waals surface area (Å²) >= 11 is 3.03. The molecule has 0 aromatic carbocycles. The fraction of sp³-hybridized carbons (Fsp3) is 0.200. The van der Waals surface area contributed by atoms with E-state index in [2.05, 4.69) is 20.1 Å². The molecule has 0 aliphatic heterocycles. The largest absolute Gasteiger partial charge is 0.332 e. The quantitative estimate of drug-likeness (QED) is 0.783. The van der Waals surface area contributed by atoms with Gasteiger partial charge < -0.3 is 10.3 Å². The van der Waals surface area contributed by atoms with E-state index in [1.165, 1.54) is 11.3 Å². The zero-order valence-electron chi connectivity index (χ0n) is 9.24. The fourth-order valence-electron chi connectivity index (χ4n) is 1.40. The second-order valence-corrected chi connectivity index (χ2v) is 5.12. The van der Waals surface area contributed by atoms with E-state index in [0.717, 1.165) is 11.4 Å². The van der Waals surface area contributed by atoms with Crippen molar-refractivity contribution in [1.82, 2.24) is 20.1 Å². The molecule has 18 heavy (non-hydrogen) atoms. The van der Waals surface area contributed by atoms with Crippen LogP contribution in [0.4, 0.5) is 0 Å². The van der Waals surface area contributed by atoms with Crippen LogP contribution in [0.15, 0.2) is 20.8 Å². The molecule has 3 aromatic rings. The van der Waals surface area contributed by atoms with Gasteiger partial charge in [0.1, 0.15) is 11.4 Å². The molecule has 0 saturated carbocycles. The van der Waals surface area contributed by atoms with E-state index in [1.807, 2.05) is 10.8 Å². The minimum absolute atomic E-state index is 0.414. The van der Waals surface area contributed by atoms with Crippen LogP contribution in [-0.4, -0.2) is 26.7 Å². The monoisotopic (exact) mass is 279 g/mol. The third-order valence-electron chi connectivity index (χ3n) is 2.22. The van der Waals surface area contributed by atoms with Crippen molar-refractivity contribution in [3.05, 3.63) is 21.3 Å². The Morgan fingerprint density at radius 3 is 2.94 bits per heavy atom. The zero-order chi connectivity index (χ0) is 12.4. The maximum atomic E-state index is 5.48. The van der Waals surface area contributed by atoms with Gasteiger partial charge in [-0.25, -0.2) is 9.97 Å². The number of rotatable bonds is 4. The molecule has 0 amide bonds. The van der Waals surface area contributed by atoms with Crippen molar-refractivity contribution in [1.29, 1.82) is 0 Å². The maximum Gasteiger partial charge on any atom is 0.277 e. The van der Waals surface area contributed by atoms with Gasteiger partial charge in [0, 0.05) is 17.2 Å². The molecule has 0 aliphatic carbocycles. The van der Waals surface area contributed by atoms with Crippen LogP contribution >= 0.6 is 22.7 Å². The lowest BCUT2D eigenvalue weighted by Crippen LogP contribution is -2.01. The molecule has 92 valence electrons. The van der Waals surface area contributed by atoms with Crippen molar-refractivity contribution in [2.24, 2.45) is 5.73 Å². The zero-order valence-corrected chi connectivity index (χ0v) is 10.9. The third kappa shape index (κ3) is 2.17. The molecule has 0 bridgehead atoms.